The quantitative estimate of drug-likeness (QED) is 0.788. The standard InChI is InChI=1S/C11H7N7O/c1-14-11(19)7-2-3-10(17-16-7)18-6-15-8(4-12)9(18)5-13/h2-3,6H,1H3,(H,14,19). The van der Waals surface area contributed by atoms with Crippen LogP contribution in [0, 0.1) is 22.7 Å². The highest BCUT2D eigenvalue weighted by Crippen LogP contribution is 2.11. The topological polar surface area (TPSA) is 120 Å². The number of imidazole rings is 1. The molecule has 19 heavy (non-hydrogen) atoms. The molecule has 0 bridgehead atoms. The Hall–Kier alpha value is -3.26. The number of amides is 1. The molecule has 2 heterocycles. The third-order valence-electron chi connectivity index (χ3n) is 2.34. The molecule has 0 aliphatic rings. The molecule has 1 N–H and O–H groups in total. The lowest BCUT2D eigenvalue weighted by atomic mass is 10.3. The smallest absolute Gasteiger partial charge is 0.271 e. The van der Waals surface area contributed by atoms with Gasteiger partial charge in [-0.15, -0.1) is 10.2 Å². The van der Waals surface area contributed by atoms with Crippen LogP contribution in [-0.4, -0.2) is 32.7 Å². The van der Waals surface area contributed by atoms with E-state index in [9.17, 15) is 4.79 Å². The Morgan fingerprint density at radius 1 is 1.32 bits per heavy atom. The van der Waals surface area contributed by atoms with Gasteiger partial charge in [0.2, 0.25) is 0 Å². The molecule has 0 radical (unpaired) electrons. The number of nitriles is 2. The van der Waals surface area contributed by atoms with Gasteiger partial charge in [-0.2, -0.15) is 10.5 Å². The van der Waals surface area contributed by atoms with Gasteiger partial charge in [0, 0.05) is 7.05 Å². The van der Waals surface area contributed by atoms with E-state index in [1.807, 2.05) is 12.1 Å². The molecule has 0 aromatic carbocycles. The molecular formula is C11H7N7O. The van der Waals surface area contributed by atoms with Crippen LogP contribution >= 0.6 is 0 Å². The Bertz CT molecular complexity index is 702. The number of hydrogen-bond acceptors (Lipinski definition) is 6. The lowest BCUT2D eigenvalue weighted by Gasteiger charge is -2.02. The highest BCUT2D eigenvalue weighted by atomic mass is 16.1. The van der Waals surface area contributed by atoms with Crippen LogP contribution in [0.3, 0.4) is 0 Å². The fourth-order valence-corrected chi connectivity index (χ4v) is 1.41. The second-order valence-corrected chi connectivity index (χ2v) is 3.39. The van der Waals surface area contributed by atoms with Crippen LogP contribution in [0.4, 0.5) is 0 Å². The minimum atomic E-state index is -0.358. The Morgan fingerprint density at radius 2 is 2.11 bits per heavy atom. The van der Waals surface area contributed by atoms with Gasteiger partial charge in [-0.3, -0.25) is 9.36 Å². The van der Waals surface area contributed by atoms with Crippen LogP contribution in [0.2, 0.25) is 0 Å². The number of nitrogens with one attached hydrogen (secondary N) is 1. The zero-order valence-corrected chi connectivity index (χ0v) is 9.82. The summed E-state index contributed by atoms with van der Waals surface area (Å²) in [5, 5.41) is 27.8. The SMILES string of the molecule is CNC(=O)c1ccc(-n2cnc(C#N)c2C#N)nn1. The molecule has 2 rings (SSSR count). The Balaban J connectivity index is 2.44. The molecule has 0 aliphatic carbocycles. The molecule has 0 spiro atoms. The third kappa shape index (κ3) is 2.10. The van der Waals surface area contributed by atoms with Crippen molar-refractivity contribution in [3.63, 3.8) is 0 Å². The number of nitrogens with zero attached hydrogens (tertiary/aromatic N) is 6. The lowest BCUT2D eigenvalue weighted by molar-refractivity contribution is 0.0957. The van der Waals surface area contributed by atoms with Gasteiger partial charge in [0.15, 0.2) is 22.9 Å². The van der Waals surface area contributed by atoms with Crippen LogP contribution in [-0.2, 0) is 0 Å². The van der Waals surface area contributed by atoms with Crippen molar-refractivity contribution in [3.05, 3.63) is 35.5 Å². The summed E-state index contributed by atoms with van der Waals surface area (Å²) in [6.45, 7) is 0. The summed E-state index contributed by atoms with van der Waals surface area (Å²) < 4.78 is 1.33. The van der Waals surface area contributed by atoms with Gasteiger partial charge in [0.05, 0.1) is 0 Å². The van der Waals surface area contributed by atoms with E-state index in [2.05, 4.69) is 20.5 Å². The monoisotopic (exact) mass is 253 g/mol. The largest absolute Gasteiger partial charge is 0.354 e. The van der Waals surface area contributed by atoms with E-state index in [1.165, 1.54) is 30.1 Å². The molecule has 0 saturated carbocycles. The van der Waals surface area contributed by atoms with Gasteiger partial charge in [0.1, 0.15) is 18.5 Å². The first kappa shape index (κ1) is 12.2. The minimum Gasteiger partial charge on any atom is -0.354 e. The van der Waals surface area contributed by atoms with Gasteiger partial charge in [-0.1, -0.05) is 0 Å². The zero-order chi connectivity index (χ0) is 13.8. The maximum absolute atomic E-state index is 11.3. The van der Waals surface area contributed by atoms with E-state index in [0.717, 1.165) is 0 Å². The number of rotatable bonds is 2. The summed E-state index contributed by atoms with van der Waals surface area (Å²) in [7, 11) is 1.49. The Labute approximate surface area is 107 Å². The van der Waals surface area contributed by atoms with Gasteiger partial charge < -0.3 is 5.32 Å². The maximum atomic E-state index is 11.3. The predicted octanol–water partition coefficient (Wildman–Crippen LogP) is -0.235. The molecule has 0 aliphatic heterocycles. The van der Waals surface area contributed by atoms with Crippen LogP contribution in [0.15, 0.2) is 18.5 Å². The first-order valence-electron chi connectivity index (χ1n) is 5.15. The molecule has 8 nitrogen and oxygen atoms in total. The van der Waals surface area contributed by atoms with E-state index in [1.54, 1.807) is 0 Å². The number of aromatic nitrogens is 4. The molecule has 1 amide bonds. The number of carbonyl (C=O) groups is 1. The summed E-state index contributed by atoms with van der Waals surface area (Å²) >= 11 is 0. The predicted molar refractivity (Wildman–Crippen MR) is 62.0 cm³/mol. The summed E-state index contributed by atoms with van der Waals surface area (Å²) in [6.07, 6.45) is 1.31. The van der Waals surface area contributed by atoms with Crippen molar-refractivity contribution in [2.45, 2.75) is 0 Å². The van der Waals surface area contributed by atoms with E-state index in [4.69, 9.17) is 10.5 Å². The summed E-state index contributed by atoms with van der Waals surface area (Å²) in [5.74, 6) is -0.0545. The first-order valence-corrected chi connectivity index (χ1v) is 5.15. The van der Waals surface area contributed by atoms with Crippen molar-refractivity contribution >= 4 is 5.91 Å². The first-order chi connectivity index (χ1) is 9.21. The average molecular weight is 253 g/mol. The highest BCUT2D eigenvalue weighted by Gasteiger charge is 2.13. The summed E-state index contributed by atoms with van der Waals surface area (Å²) in [4.78, 5) is 15.1. The van der Waals surface area contributed by atoms with Crippen molar-refractivity contribution in [1.29, 1.82) is 10.5 Å². The maximum Gasteiger partial charge on any atom is 0.271 e. The molecule has 0 fully saturated rings. The van der Waals surface area contributed by atoms with Crippen molar-refractivity contribution in [1.82, 2.24) is 25.1 Å². The van der Waals surface area contributed by atoms with Gasteiger partial charge in [-0.05, 0) is 12.1 Å². The van der Waals surface area contributed by atoms with E-state index >= 15 is 0 Å². The number of hydrogen-bond donors (Lipinski definition) is 1. The Morgan fingerprint density at radius 3 is 2.63 bits per heavy atom. The normalized spacial score (nSPS) is 9.42. The molecule has 0 saturated heterocycles. The molecule has 2 aromatic heterocycles. The second-order valence-electron chi connectivity index (χ2n) is 3.39. The van der Waals surface area contributed by atoms with Gasteiger partial charge in [0.25, 0.3) is 5.91 Å². The average Bonchev–Trinajstić information content (AvgIpc) is 2.89. The van der Waals surface area contributed by atoms with E-state index in [0.29, 0.717) is 5.82 Å². The molecular weight excluding hydrogens is 246 g/mol. The molecule has 0 unspecified atom stereocenters. The van der Waals surface area contributed by atoms with Crippen LogP contribution < -0.4 is 5.32 Å². The van der Waals surface area contributed by atoms with Crippen LogP contribution in [0.1, 0.15) is 21.9 Å². The van der Waals surface area contributed by atoms with Crippen molar-refractivity contribution in [3.8, 4) is 18.0 Å². The highest BCUT2D eigenvalue weighted by molar-refractivity contribution is 5.91. The van der Waals surface area contributed by atoms with Crippen molar-refractivity contribution in [2.24, 2.45) is 0 Å². The second kappa shape index (κ2) is 4.94. The zero-order valence-electron chi connectivity index (χ0n) is 9.82. The minimum absolute atomic E-state index is 0.0136. The van der Waals surface area contributed by atoms with Crippen LogP contribution in [0.5, 0.6) is 0 Å². The molecule has 0 atom stereocenters. The van der Waals surface area contributed by atoms with Crippen LogP contribution in [0.25, 0.3) is 5.82 Å². The van der Waals surface area contributed by atoms with Gasteiger partial charge >= 0.3 is 0 Å². The van der Waals surface area contributed by atoms with Crippen molar-refractivity contribution < 1.29 is 4.79 Å². The lowest BCUT2D eigenvalue weighted by Crippen LogP contribution is -2.20. The van der Waals surface area contributed by atoms with Gasteiger partial charge in [-0.25, -0.2) is 4.98 Å². The van der Waals surface area contributed by atoms with Crippen molar-refractivity contribution in [2.75, 3.05) is 7.05 Å². The molecule has 92 valence electrons. The summed E-state index contributed by atoms with van der Waals surface area (Å²) in [5.41, 5.74) is 0.245. The number of carbonyl (C=O) groups excluding carboxylic acids is 1. The summed E-state index contributed by atoms with van der Waals surface area (Å²) in [6, 6.07) is 6.66. The molecule has 8 heteroatoms. The van der Waals surface area contributed by atoms with E-state index < -0.39 is 0 Å². The fourth-order valence-electron chi connectivity index (χ4n) is 1.41. The fraction of sp³-hybridized carbons (Fsp3) is 0.0909. The van der Waals surface area contributed by atoms with E-state index in [-0.39, 0.29) is 23.0 Å². The third-order valence-corrected chi connectivity index (χ3v) is 2.34. The molecule has 2 aromatic rings. The Kier molecular flexibility index (Phi) is 3.17.